The van der Waals surface area contributed by atoms with Crippen LogP contribution in [0.25, 0.3) is 10.8 Å². The normalized spacial score (nSPS) is 10.8. The van der Waals surface area contributed by atoms with Crippen molar-refractivity contribution in [1.82, 2.24) is 4.98 Å². The molecule has 0 spiro atoms. The second-order valence-corrected chi connectivity index (χ2v) is 3.73. The molecule has 0 saturated carbocycles. The number of rotatable bonds is 0. The molecular formula is C12H14N2. The predicted octanol–water partition coefficient (Wildman–Crippen LogP) is 2.74. The fourth-order valence-corrected chi connectivity index (χ4v) is 1.79. The molecular weight excluding hydrogens is 172 g/mol. The number of nitrogen functional groups attached to an aromatic ring is 1. The SMILES string of the molecule is Cc1cc2c(N)nccc2c(C)c1C. The summed E-state index contributed by atoms with van der Waals surface area (Å²) in [6, 6.07) is 4.13. The van der Waals surface area contributed by atoms with Crippen LogP contribution in [0.4, 0.5) is 5.82 Å². The van der Waals surface area contributed by atoms with Gasteiger partial charge in [0.1, 0.15) is 5.82 Å². The average Bonchev–Trinajstić information content (AvgIpc) is 2.17. The van der Waals surface area contributed by atoms with E-state index in [9.17, 15) is 0 Å². The van der Waals surface area contributed by atoms with Crippen molar-refractivity contribution in [3.63, 3.8) is 0 Å². The first-order chi connectivity index (χ1) is 6.61. The lowest BCUT2D eigenvalue weighted by Gasteiger charge is -2.10. The van der Waals surface area contributed by atoms with E-state index in [-0.39, 0.29) is 0 Å². The first-order valence-corrected chi connectivity index (χ1v) is 4.72. The highest BCUT2D eigenvalue weighted by atomic mass is 14.8. The van der Waals surface area contributed by atoms with Gasteiger partial charge in [0.2, 0.25) is 0 Å². The smallest absolute Gasteiger partial charge is 0.131 e. The molecule has 2 N–H and O–H groups in total. The molecule has 2 aromatic rings. The van der Waals surface area contributed by atoms with Crippen molar-refractivity contribution < 1.29 is 0 Å². The van der Waals surface area contributed by atoms with Crippen molar-refractivity contribution in [2.75, 3.05) is 5.73 Å². The highest BCUT2D eigenvalue weighted by Crippen LogP contribution is 2.26. The zero-order chi connectivity index (χ0) is 10.3. The van der Waals surface area contributed by atoms with Gasteiger partial charge < -0.3 is 5.73 Å². The van der Waals surface area contributed by atoms with Gasteiger partial charge in [0, 0.05) is 11.6 Å². The fraction of sp³-hybridized carbons (Fsp3) is 0.250. The number of aryl methyl sites for hydroxylation is 2. The summed E-state index contributed by atoms with van der Waals surface area (Å²) < 4.78 is 0. The van der Waals surface area contributed by atoms with Crippen LogP contribution in [0, 0.1) is 20.8 Å². The Balaban J connectivity index is 2.98. The van der Waals surface area contributed by atoms with Gasteiger partial charge in [-0.05, 0) is 55.0 Å². The molecule has 0 aliphatic carbocycles. The third-order valence-corrected chi connectivity index (χ3v) is 2.94. The van der Waals surface area contributed by atoms with Gasteiger partial charge in [0.05, 0.1) is 0 Å². The van der Waals surface area contributed by atoms with Gasteiger partial charge >= 0.3 is 0 Å². The second-order valence-electron chi connectivity index (χ2n) is 3.73. The maximum absolute atomic E-state index is 5.83. The van der Waals surface area contributed by atoms with E-state index >= 15 is 0 Å². The molecule has 0 bridgehead atoms. The largest absolute Gasteiger partial charge is 0.383 e. The van der Waals surface area contributed by atoms with Crippen molar-refractivity contribution in [2.24, 2.45) is 0 Å². The van der Waals surface area contributed by atoms with Crippen LogP contribution < -0.4 is 5.73 Å². The van der Waals surface area contributed by atoms with Crippen LogP contribution in [0.2, 0.25) is 0 Å². The third-order valence-electron chi connectivity index (χ3n) is 2.94. The summed E-state index contributed by atoms with van der Waals surface area (Å²) in [5.74, 6) is 0.619. The minimum atomic E-state index is 0.619. The summed E-state index contributed by atoms with van der Waals surface area (Å²) >= 11 is 0. The number of hydrogen-bond acceptors (Lipinski definition) is 2. The number of fused-ring (bicyclic) bond motifs is 1. The third kappa shape index (κ3) is 1.15. The number of pyridine rings is 1. The van der Waals surface area contributed by atoms with E-state index in [1.54, 1.807) is 6.20 Å². The standard InChI is InChI=1S/C12H14N2/c1-7-6-11-10(9(3)8(7)2)4-5-14-12(11)13/h4-6H,1-3H3,(H2,13,14). The number of anilines is 1. The Morgan fingerprint density at radius 1 is 1.07 bits per heavy atom. The van der Waals surface area contributed by atoms with E-state index in [1.807, 2.05) is 6.07 Å². The van der Waals surface area contributed by atoms with Gasteiger partial charge in [-0.2, -0.15) is 0 Å². The van der Waals surface area contributed by atoms with Crippen LogP contribution in [-0.4, -0.2) is 4.98 Å². The zero-order valence-corrected chi connectivity index (χ0v) is 8.76. The summed E-state index contributed by atoms with van der Waals surface area (Å²) in [7, 11) is 0. The molecule has 14 heavy (non-hydrogen) atoms. The summed E-state index contributed by atoms with van der Waals surface area (Å²) in [5, 5.41) is 2.27. The summed E-state index contributed by atoms with van der Waals surface area (Å²) in [4.78, 5) is 4.10. The molecule has 2 heteroatoms. The minimum Gasteiger partial charge on any atom is -0.383 e. The molecule has 0 aliphatic heterocycles. The van der Waals surface area contributed by atoms with Crippen LogP contribution in [0.3, 0.4) is 0 Å². The minimum absolute atomic E-state index is 0.619. The maximum Gasteiger partial charge on any atom is 0.131 e. The summed E-state index contributed by atoms with van der Waals surface area (Å²) in [6.07, 6.45) is 1.76. The Kier molecular flexibility index (Phi) is 1.92. The Hall–Kier alpha value is -1.57. The molecule has 2 rings (SSSR count). The van der Waals surface area contributed by atoms with Crippen LogP contribution >= 0.6 is 0 Å². The molecule has 0 radical (unpaired) electrons. The highest BCUT2D eigenvalue weighted by molar-refractivity contribution is 5.94. The Morgan fingerprint density at radius 3 is 2.50 bits per heavy atom. The topological polar surface area (TPSA) is 38.9 Å². The molecule has 0 saturated heterocycles. The average molecular weight is 186 g/mol. The van der Waals surface area contributed by atoms with E-state index in [1.165, 1.54) is 22.1 Å². The first-order valence-electron chi connectivity index (χ1n) is 4.72. The quantitative estimate of drug-likeness (QED) is 0.687. The molecule has 0 unspecified atom stereocenters. The van der Waals surface area contributed by atoms with Crippen LogP contribution in [0.5, 0.6) is 0 Å². The monoisotopic (exact) mass is 186 g/mol. The van der Waals surface area contributed by atoms with Gasteiger partial charge in [-0.1, -0.05) is 0 Å². The van der Waals surface area contributed by atoms with Crippen molar-refractivity contribution >= 4 is 16.6 Å². The van der Waals surface area contributed by atoms with E-state index < -0.39 is 0 Å². The van der Waals surface area contributed by atoms with Crippen LogP contribution in [0.15, 0.2) is 18.3 Å². The lowest BCUT2D eigenvalue weighted by atomic mass is 9.97. The van der Waals surface area contributed by atoms with Gasteiger partial charge in [0.15, 0.2) is 0 Å². The lowest BCUT2D eigenvalue weighted by Crippen LogP contribution is -1.95. The number of nitrogens with two attached hydrogens (primary N) is 1. The highest BCUT2D eigenvalue weighted by Gasteiger charge is 2.05. The van der Waals surface area contributed by atoms with Crippen LogP contribution in [0.1, 0.15) is 16.7 Å². The molecule has 1 heterocycles. The molecule has 2 nitrogen and oxygen atoms in total. The van der Waals surface area contributed by atoms with Crippen molar-refractivity contribution in [3.05, 3.63) is 35.0 Å². The maximum atomic E-state index is 5.83. The summed E-state index contributed by atoms with van der Waals surface area (Å²) in [6.45, 7) is 6.37. The first kappa shape index (κ1) is 9.00. The second kappa shape index (κ2) is 2.98. The molecule has 1 aromatic heterocycles. The number of nitrogens with zero attached hydrogens (tertiary/aromatic N) is 1. The molecule has 0 aliphatic rings. The van der Waals surface area contributed by atoms with Crippen LogP contribution in [-0.2, 0) is 0 Å². The lowest BCUT2D eigenvalue weighted by molar-refractivity contribution is 1.28. The zero-order valence-electron chi connectivity index (χ0n) is 8.76. The van der Waals surface area contributed by atoms with Gasteiger partial charge in [0.25, 0.3) is 0 Å². The van der Waals surface area contributed by atoms with E-state index in [2.05, 4.69) is 31.8 Å². The van der Waals surface area contributed by atoms with E-state index in [0.29, 0.717) is 5.82 Å². The molecule has 72 valence electrons. The molecule has 0 amide bonds. The number of benzene rings is 1. The predicted molar refractivity (Wildman–Crippen MR) is 60.4 cm³/mol. The van der Waals surface area contributed by atoms with E-state index in [4.69, 9.17) is 5.73 Å². The van der Waals surface area contributed by atoms with Crippen molar-refractivity contribution in [2.45, 2.75) is 20.8 Å². The molecule has 0 atom stereocenters. The molecule has 1 aromatic carbocycles. The number of aromatic nitrogens is 1. The summed E-state index contributed by atoms with van der Waals surface area (Å²) in [5.41, 5.74) is 9.74. The Morgan fingerprint density at radius 2 is 1.79 bits per heavy atom. The fourth-order valence-electron chi connectivity index (χ4n) is 1.79. The van der Waals surface area contributed by atoms with Gasteiger partial charge in [-0.15, -0.1) is 0 Å². The van der Waals surface area contributed by atoms with Gasteiger partial charge in [-0.25, -0.2) is 4.98 Å². The van der Waals surface area contributed by atoms with Crippen molar-refractivity contribution in [3.8, 4) is 0 Å². The molecule has 0 fully saturated rings. The van der Waals surface area contributed by atoms with E-state index in [0.717, 1.165) is 5.39 Å². The Bertz CT molecular complexity index is 501. The van der Waals surface area contributed by atoms with Gasteiger partial charge in [-0.3, -0.25) is 0 Å². The number of hydrogen-bond donors (Lipinski definition) is 1. The Labute approximate surface area is 83.8 Å². The van der Waals surface area contributed by atoms with Crippen molar-refractivity contribution in [1.29, 1.82) is 0 Å².